The first kappa shape index (κ1) is 15.0. The van der Waals surface area contributed by atoms with Crippen molar-refractivity contribution < 1.29 is 9.50 Å². The number of aliphatic hydroxyl groups is 1. The molecule has 0 spiro atoms. The zero-order valence-electron chi connectivity index (χ0n) is 11.2. The standard InChI is InChI=1S/C16H17ClFNO/c1-16(11-20,13-7-3-2-4-8-13)19-10-12-6-5-9-14(18)15(12)17/h2-9,19-20H,10-11H2,1H3. The average Bonchev–Trinajstić information content (AvgIpc) is 2.49. The van der Waals surface area contributed by atoms with E-state index in [9.17, 15) is 9.50 Å². The number of benzene rings is 2. The van der Waals surface area contributed by atoms with Gasteiger partial charge in [0.1, 0.15) is 5.82 Å². The predicted octanol–water partition coefficient (Wildman–Crippen LogP) is 3.48. The summed E-state index contributed by atoms with van der Waals surface area (Å²) in [7, 11) is 0. The molecule has 0 radical (unpaired) electrons. The monoisotopic (exact) mass is 293 g/mol. The summed E-state index contributed by atoms with van der Waals surface area (Å²) in [6, 6.07) is 14.4. The summed E-state index contributed by atoms with van der Waals surface area (Å²) in [5, 5.41) is 13.0. The molecule has 0 aliphatic carbocycles. The quantitative estimate of drug-likeness (QED) is 0.885. The number of halogens is 2. The van der Waals surface area contributed by atoms with Crippen LogP contribution >= 0.6 is 11.6 Å². The van der Waals surface area contributed by atoms with Crippen LogP contribution in [0.3, 0.4) is 0 Å². The molecule has 0 fully saturated rings. The molecule has 0 aromatic heterocycles. The van der Waals surface area contributed by atoms with Gasteiger partial charge in [0, 0.05) is 6.54 Å². The van der Waals surface area contributed by atoms with E-state index in [1.165, 1.54) is 6.07 Å². The van der Waals surface area contributed by atoms with Crippen molar-refractivity contribution in [3.05, 3.63) is 70.5 Å². The maximum Gasteiger partial charge on any atom is 0.142 e. The van der Waals surface area contributed by atoms with Gasteiger partial charge >= 0.3 is 0 Å². The maximum absolute atomic E-state index is 13.4. The Kier molecular flexibility index (Phi) is 4.76. The first-order chi connectivity index (χ1) is 9.57. The number of rotatable bonds is 5. The van der Waals surface area contributed by atoms with Gasteiger partial charge in [-0.1, -0.05) is 54.1 Å². The molecular weight excluding hydrogens is 277 g/mol. The van der Waals surface area contributed by atoms with E-state index in [0.717, 1.165) is 5.56 Å². The molecule has 0 bridgehead atoms. The van der Waals surface area contributed by atoms with E-state index < -0.39 is 11.4 Å². The number of hydrogen-bond donors (Lipinski definition) is 2. The van der Waals surface area contributed by atoms with Crippen LogP contribution in [-0.4, -0.2) is 11.7 Å². The number of nitrogens with one attached hydrogen (secondary N) is 1. The van der Waals surface area contributed by atoms with Crippen LogP contribution in [0.25, 0.3) is 0 Å². The minimum absolute atomic E-state index is 0.0655. The zero-order valence-corrected chi connectivity index (χ0v) is 12.0. The fraction of sp³-hybridized carbons (Fsp3) is 0.250. The molecule has 20 heavy (non-hydrogen) atoms. The van der Waals surface area contributed by atoms with Crippen molar-refractivity contribution in [2.24, 2.45) is 0 Å². The van der Waals surface area contributed by atoms with Crippen molar-refractivity contribution in [1.82, 2.24) is 5.32 Å². The highest BCUT2D eigenvalue weighted by atomic mass is 35.5. The Hall–Kier alpha value is -1.42. The van der Waals surface area contributed by atoms with Crippen LogP contribution in [0, 0.1) is 5.82 Å². The lowest BCUT2D eigenvalue weighted by Gasteiger charge is -2.29. The molecule has 2 aromatic carbocycles. The van der Waals surface area contributed by atoms with E-state index in [1.54, 1.807) is 12.1 Å². The van der Waals surface area contributed by atoms with Crippen LogP contribution in [0.15, 0.2) is 48.5 Å². The molecular formula is C16H17ClFNO. The van der Waals surface area contributed by atoms with E-state index in [-0.39, 0.29) is 11.6 Å². The van der Waals surface area contributed by atoms with Gasteiger partial charge in [0.25, 0.3) is 0 Å². The fourth-order valence-corrected chi connectivity index (χ4v) is 2.22. The van der Waals surface area contributed by atoms with Crippen molar-refractivity contribution in [3.63, 3.8) is 0 Å². The second kappa shape index (κ2) is 6.35. The van der Waals surface area contributed by atoms with Crippen LogP contribution in [0.2, 0.25) is 5.02 Å². The summed E-state index contributed by atoms with van der Waals surface area (Å²) in [6.07, 6.45) is 0. The van der Waals surface area contributed by atoms with Crippen LogP contribution in [0.5, 0.6) is 0 Å². The molecule has 0 aliphatic rings. The molecule has 0 saturated heterocycles. The van der Waals surface area contributed by atoms with Crippen LogP contribution in [-0.2, 0) is 12.1 Å². The lowest BCUT2D eigenvalue weighted by Crippen LogP contribution is -2.42. The highest BCUT2D eigenvalue weighted by Gasteiger charge is 2.25. The Balaban J connectivity index is 2.17. The summed E-state index contributed by atoms with van der Waals surface area (Å²) in [6.45, 7) is 2.21. The summed E-state index contributed by atoms with van der Waals surface area (Å²) >= 11 is 5.93. The van der Waals surface area contributed by atoms with Crippen LogP contribution in [0.4, 0.5) is 4.39 Å². The Morgan fingerprint density at radius 3 is 2.50 bits per heavy atom. The zero-order chi connectivity index (χ0) is 14.6. The highest BCUT2D eigenvalue weighted by molar-refractivity contribution is 6.31. The third-order valence-electron chi connectivity index (χ3n) is 3.43. The van der Waals surface area contributed by atoms with Crippen molar-refractivity contribution >= 4 is 11.6 Å². The Morgan fingerprint density at radius 1 is 1.15 bits per heavy atom. The lowest BCUT2D eigenvalue weighted by atomic mass is 9.92. The van der Waals surface area contributed by atoms with Gasteiger partial charge in [-0.3, -0.25) is 0 Å². The summed E-state index contributed by atoms with van der Waals surface area (Å²) in [4.78, 5) is 0. The second-order valence-corrected chi connectivity index (χ2v) is 5.30. The normalized spacial score (nSPS) is 14.0. The fourth-order valence-electron chi connectivity index (χ4n) is 2.03. The van der Waals surface area contributed by atoms with E-state index in [1.807, 2.05) is 37.3 Å². The molecule has 1 unspecified atom stereocenters. The summed E-state index contributed by atoms with van der Waals surface area (Å²) in [5.41, 5.74) is 1.04. The highest BCUT2D eigenvalue weighted by Crippen LogP contribution is 2.23. The maximum atomic E-state index is 13.4. The molecule has 0 saturated carbocycles. The van der Waals surface area contributed by atoms with Crippen LogP contribution < -0.4 is 5.32 Å². The molecule has 0 amide bonds. The Morgan fingerprint density at radius 2 is 1.85 bits per heavy atom. The molecule has 1 atom stereocenters. The van der Waals surface area contributed by atoms with Crippen molar-refractivity contribution in [3.8, 4) is 0 Å². The van der Waals surface area contributed by atoms with Crippen LogP contribution in [0.1, 0.15) is 18.1 Å². The van der Waals surface area contributed by atoms with Crippen molar-refractivity contribution in [2.45, 2.75) is 19.0 Å². The van der Waals surface area contributed by atoms with Crippen molar-refractivity contribution in [1.29, 1.82) is 0 Å². The average molecular weight is 294 g/mol. The van der Waals surface area contributed by atoms with Gasteiger partial charge in [0.05, 0.1) is 17.2 Å². The molecule has 106 valence electrons. The Labute approximate surface area is 123 Å². The van der Waals surface area contributed by atoms with E-state index in [0.29, 0.717) is 12.1 Å². The minimum atomic E-state index is -0.600. The number of hydrogen-bond acceptors (Lipinski definition) is 2. The van der Waals surface area contributed by atoms with Gasteiger partial charge < -0.3 is 10.4 Å². The third kappa shape index (κ3) is 3.18. The topological polar surface area (TPSA) is 32.3 Å². The lowest BCUT2D eigenvalue weighted by molar-refractivity contribution is 0.173. The Bertz CT molecular complexity index is 576. The number of aliphatic hydroxyl groups excluding tert-OH is 1. The SMILES string of the molecule is CC(CO)(NCc1cccc(F)c1Cl)c1ccccc1. The van der Waals surface area contributed by atoms with Gasteiger partial charge in [-0.2, -0.15) is 0 Å². The molecule has 2 N–H and O–H groups in total. The van der Waals surface area contributed by atoms with Crippen molar-refractivity contribution in [2.75, 3.05) is 6.61 Å². The van der Waals surface area contributed by atoms with E-state index in [4.69, 9.17) is 11.6 Å². The molecule has 2 aromatic rings. The second-order valence-electron chi connectivity index (χ2n) is 4.92. The molecule has 2 nitrogen and oxygen atoms in total. The predicted molar refractivity (Wildman–Crippen MR) is 79.1 cm³/mol. The van der Waals surface area contributed by atoms with E-state index >= 15 is 0 Å². The van der Waals surface area contributed by atoms with Gasteiger partial charge in [0.15, 0.2) is 0 Å². The summed E-state index contributed by atoms with van der Waals surface area (Å²) in [5.74, 6) is -0.434. The first-order valence-corrected chi connectivity index (χ1v) is 6.79. The van der Waals surface area contributed by atoms with Gasteiger partial charge in [-0.05, 0) is 24.1 Å². The molecule has 4 heteroatoms. The first-order valence-electron chi connectivity index (χ1n) is 6.41. The van der Waals surface area contributed by atoms with E-state index in [2.05, 4.69) is 5.32 Å². The van der Waals surface area contributed by atoms with Gasteiger partial charge in [-0.25, -0.2) is 4.39 Å². The van der Waals surface area contributed by atoms with Gasteiger partial charge in [0.2, 0.25) is 0 Å². The minimum Gasteiger partial charge on any atom is -0.394 e. The molecule has 2 rings (SSSR count). The summed E-state index contributed by atoms with van der Waals surface area (Å²) < 4.78 is 13.4. The molecule has 0 aliphatic heterocycles. The molecule has 0 heterocycles. The third-order valence-corrected chi connectivity index (χ3v) is 3.85. The smallest absolute Gasteiger partial charge is 0.142 e. The van der Waals surface area contributed by atoms with Gasteiger partial charge in [-0.15, -0.1) is 0 Å². The largest absolute Gasteiger partial charge is 0.394 e.